The van der Waals surface area contributed by atoms with Crippen molar-refractivity contribution in [3.05, 3.63) is 35.9 Å². The van der Waals surface area contributed by atoms with Crippen LogP contribution in [0.25, 0.3) is 0 Å². The predicted molar refractivity (Wildman–Crippen MR) is 64.9 cm³/mol. The van der Waals surface area contributed by atoms with E-state index in [0.29, 0.717) is 0 Å². The summed E-state index contributed by atoms with van der Waals surface area (Å²) in [5.41, 5.74) is 1.37. The van der Waals surface area contributed by atoms with Gasteiger partial charge in [0.25, 0.3) is 0 Å². The fraction of sp³-hybridized carbons (Fsp3) is 0.538. The van der Waals surface area contributed by atoms with Gasteiger partial charge >= 0.3 is 0 Å². The minimum Gasteiger partial charge on any atom is -0.379 e. The van der Waals surface area contributed by atoms with Crippen molar-refractivity contribution in [2.45, 2.75) is 13.5 Å². The molecule has 3 nitrogen and oxygen atoms in total. The van der Waals surface area contributed by atoms with Gasteiger partial charge < -0.3 is 4.74 Å². The van der Waals surface area contributed by atoms with E-state index in [2.05, 4.69) is 47.3 Å². The Balaban J connectivity index is 1.94. The van der Waals surface area contributed by atoms with Crippen LogP contribution in [0.1, 0.15) is 12.5 Å². The summed E-state index contributed by atoms with van der Waals surface area (Å²) >= 11 is 0. The van der Waals surface area contributed by atoms with Crippen molar-refractivity contribution in [3.8, 4) is 0 Å². The number of hydrogen-bond acceptors (Lipinski definition) is 3. The van der Waals surface area contributed by atoms with E-state index in [-0.39, 0.29) is 0 Å². The Labute approximate surface area is 97.6 Å². The van der Waals surface area contributed by atoms with E-state index >= 15 is 0 Å². The molecule has 0 amide bonds. The average molecular weight is 220 g/mol. The molecule has 3 heteroatoms. The topological polar surface area (TPSA) is 15.7 Å². The lowest BCUT2D eigenvalue weighted by Gasteiger charge is -2.36. The second-order valence-corrected chi connectivity index (χ2v) is 4.03. The molecule has 88 valence electrons. The van der Waals surface area contributed by atoms with Crippen molar-refractivity contribution < 1.29 is 4.74 Å². The Kier molecular flexibility index (Phi) is 4.34. The minimum absolute atomic E-state index is 0.852. The number of nitrogens with zero attached hydrogens (tertiary/aromatic N) is 2. The van der Waals surface area contributed by atoms with E-state index in [1.807, 2.05) is 0 Å². The van der Waals surface area contributed by atoms with Crippen LogP contribution in [0.5, 0.6) is 0 Å². The monoisotopic (exact) mass is 220 g/mol. The van der Waals surface area contributed by atoms with Gasteiger partial charge in [-0.25, -0.2) is 10.0 Å². The largest absolute Gasteiger partial charge is 0.379 e. The van der Waals surface area contributed by atoms with Crippen LogP contribution < -0.4 is 0 Å². The Morgan fingerprint density at radius 2 is 1.88 bits per heavy atom. The van der Waals surface area contributed by atoms with Gasteiger partial charge in [0.2, 0.25) is 0 Å². The summed E-state index contributed by atoms with van der Waals surface area (Å²) in [5.74, 6) is 0. The molecular formula is C13H20N2O. The molecule has 0 aliphatic carbocycles. The third kappa shape index (κ3) is 3.04. The average Bonchev–Trinajstić information content (AvgIpc) is 2.38. The second kappa shape index (κ2) is 5.99. The van der Waals surface area contributed by atoms with E-state index in [4.69, 9.17) is 4.74 Å². The molecule has 1 aliphatic heterocycles. The highest BCUT2D eigenvalue weighted by molar-refractivity contribution is 5.14. The number of morpholine rings is 1. The zero-order valence-electron chi connectivity index (χ0n) is 9.93. The van der Waals surface area contributed by atoms with E-state index in [1.54, 1.807) is 0 Å². The van der Waals surface area contributed by atoms with Crippen molar-refractivity contribution in [1.29, 1.82) is 0 Å². The van der Waals surface area contributed by atoms with Crippen LogP contribution in [0.4, 0.5) is 0 Å². The smallest absolute Gasteiger partial charge is 0.0608 e. The highest BCUT2D eigenvalue weighted by Gasteiger charge is 2.16. The van der Waals surface area contributed by atoms with E-state index in [1.165, 1.54) is 5.56 Å². The number of rotatable bonds is 4. The summed E-state index contributed by atoms with van der Waals surface area (Å²) in [6, 6.07) is 10.6. The molecule has 0 radical (unpaired) electrons. The Morgan fingerprint density at radius 3 is 2.50 bits per heavy atom. The van der Waals surface area contributed by atoms with E-state index < -0.39 is 0 Å². The summed E-state index contributed by atoms with van der Waals surface area (Å²) < 4.78 is 5.38. The lowest BCUT2D eigenvalue weighted by Crippen LogP contribution is -2.48. The fourth-order valence-electron chi connectivity index (χ4n) is 2.04. The molecule has 1 saturated heterocycles. The number of ether oxygens (including phenoxy) is 1. The first-order chi connectivity index (χ1) is 7.90. The van der Waals surface area contributed by atoms with Gasteiger partial charge in [-0.2, -0.15) is 0 Å². The minimum atomic E-state index is 0.852. The molecule has 0 bridgehead atoms. The van der Waals surface area contributed by atoms with Crippen molar-refractivity contribution >= 4 is 0 Å². The molecule has 1 aromatic carbocycles. The third-order valence-electron chi connectivity index (χ3n) is 2.96. The van der Waals surface area contributed by atoms with Gasteiger partial charge in [-0.05, 0) is 5.56 Å². The lowest BCUT2D eigenvalue weighted by molar-refractivity contribution is -0.0926. The zero-order chi connectivity index (χ0) is 11.2. The Hall–Kier alpha value is -0.900. The molecule has 1 heterocycles. The van der Waals surface area contributed by atoms with E-state index in [9.17, 15) is 0 Å². The summed E-state index contributed by atoms with van der Waals surface area (Å²) in [6.07, 6.45) is 0. The highest BCUT2D eigenvalue weighted by Crippen LogP contribution is 2.09. The van der Waals surface area contributed by atoms with Crippen LogP contribution >= 0.6 is 0 Å². The lowest BCUT2D eigenvalue weighted by atomic mass is 10.2. The SMILES string of the molecule is CCN(Cc1ccccc1)N1CCOCC1. The van der Waals surface area contributed by atoms with Crippen LogP contribution in [-0.2, 0) is 11.3 Å². The molecule has 0 unspecified atom stereocenters. The van der Waals surface area contributed by atoms with Gasteiger partial charge in [-0.1, -0.05) is 37.3 Å². The molecule has 1 aliphatic rings. The van der Waals surface area contributed by atoms with Gasteiger partial charge in [0.05, 0.1) is 13.2 Å². The summed E-state index contributed by atoms with van der Waals surface area (Å²) in [5, 5.41) is 4.80. The predicted octanol–water partition coefficient (Wildman–Crippen LogP) is 1.76. The molecule has 16 heavy (non-hydrogen) atoms. The maximum absolute atomic E-state index is 5.38. The van der Waals surface area contributed by atoms with Crippen molar-refractivity contribution in [3.63, 3.8) is 0 Å². The fourth-order valence-corrected chi connectivity index (χ4v) is 2.04. The maximum Gasteiger partial charge on any atom is 0.0608 e. The van der Waals surface area contributed by atoms with Crippen LogP contribution in [0.3, 0.4) is 0 Å². The van der Waals surface area contributed by atoms with Crippen LogP contribution in [-0.4, -0.2) is 42.9 Å². The van der Waals surface area contributed by atoms with Gasteiger partial charge in [0, 0.05) is 26.2 Å². The van der Waals surface area contributed by atoms with Crippen molar-refractivity contribution in [2.24, 2.45) is 0 Å². The first-order valence-corrected chi connectivity index (χ1v) is 6.01. The van der Waals surface area contributed by atoms with Crippen molar-refractivity contribution in [2.75, 3.05) is 32.8 Å². The second-order valence-electron chi connectivity index (χ2n) is 4.03. The molecule has 1 aromatic rings. The first kappa shape index (κ1) is 11.6. The Bertz CT molecular complexity index is 296. The van der Waals surface area contributed by atoms with Crippen LogP contribution in [0, 0.1) is 0 Å². The first-order valence-electron chi connectivity index (χ1n) is 6.01. The molecule has 0 saturated carbocycles. The van der Waals surface area contributed by atoms with Gasteiger partial charge in [-0.3, -0.25) is 0 Å². The summed E-state index contributed by atoms with van der Waals surface area (Å²) in [6.45, 7) is 7.99. The summed E-state index contributed by atoms with van der Waals surface area (Å²) in [4.78, 5) is 0. The summed E-state index contributed by atoms with van der Waals surface area (Å²) in [7, 11) is 0. The van der Waals surface area contributed by atoms with Gasteiger partial charge in [0.1, 0.15) is 0 Å². The molecular weight excluding hydrogens is 200 g/mol. The molecule has 2 rings (SSSR count). The molecule has 0 spiro atoms. The quantitative estimate of drug-likeness (QED) is 0.769. The van der Waals surface area contributed by atoms with E-state index in [0.717, 1.165) is 39.4 Å². The van der Waals surface area contributed by atoms with Crippen molar-refractivity contribution in [1.82, 2.24) is 10.0 Å². The number of hydrogen-bond donors (Lipinski definition) is 0. The number of benzene rings is 1. The standard InChI is InChI=1S/C13H20N2O/c1-2-14(15-8-10-16-11-9-15)12-13-6-4-3-5-7-13/h3-7H,2,8-12H2,1H3. The van der Waals surface area contributed by atoms with Gasteiger partial charge in [-0.15, -0.1) is 0 Å². The molecule has 0 N–H and O–H groups in total. The highest BCUT2D eigenvalue weighted by atomic mass is 16.5. The third-order valence-corrected chi connectivity index (χ3v) is 2.96. The number of hydrazine groups is 1. The normalized spacial score (nSPS) is 17.9. The zero-order valence-corrected chi connectivity index (χ0v) is 9.93. The molecule has 0 atom stereocenters. The molecule has 0 aromatic heterocycles. The van der Waals surface area contributed by atoms with Crippen LogP contribution in [0.2, 0.25) is 0 Å². The Morgan fingerprint density at radius 1 is 1.19 bits per heavy atom. The van der Waals surface area contributed by atoms with Gasteiger partial charge in [0.15, 0.2) is 0 Å². The molecule has 1 fully saturated rings. The van der Waals surface area contributed by atoms with Crippen LogP contribution in [0.15, 0.2) is 30.3 Å². The maximum atomic E-state index is 5.38.